The first-order chi connectivity index (χ1) is 15.0. The van der Waals surface area contributed by atoms with Crippen molar-refractivity contribution in [2.45, 2.75) is 18.9 Å². The van der Waals surface area contributed by atoms with Gasteiger partial charge in [-0.1, -0.05) is 0 Å². The van der Waals surface area contributed by atoms with Gasteiger partial charge >= 0.3 is 0 Å². The number of halogens is 1. The second kappa shape index (κ2) is 9.61. The molecule has 2 fully saturated rings. The smallest absolute Gasteiger partial charge is 0.239 e. The number of benzene rings is 1. The van der Waals surface area contributed by atoms with E-state index >= 15 is 0 Å². The van der Waals surface area contributed by atoms with Crippen LogP contribution >= 0.6 is 22.6 Å². The average molecular weight is 541 g/mol. The topological polar surface area (TPSA) is 102 Å². The molecule has 1 amide bonds. The van der Waals surface area contributed by atoms with E-state index in [4.69, 9.17) is 24.9 Å². The maximum absolute atomic E-state index is 12.9. The summed E-state index contributed by atoms with van der Waals surface area (Å²) < 4.78 is 17.2. The predicted octanol–water partition coefficient (Wildman–Crippen LogP) is 1.81. The first-order valence-electron chi connectivity index (χ1n) is 10.4. The molecule has 0 bridgehead atoms. The SMILES string of the molecule is COc1cc2nc(N3CCCC(C(=O)N4CCOCC4)NC3)cc(N)c2c(I)c1OC. The minimum atomic E-state index is -0.189. The zero-order valence-electron chi connectivity index (χ0n) is 17.8. The fraction of sp³-hybridized carbons (Fsp3) is 0.524. The van der Waals surface area contributed by atoms with Gasteiger partial charge in [-0.3, -0.25) is 10.1 Å². The van der Waals surface area contributed by atoms with Crippen molar-refractivity contribution in [1.82, 2.24) is 15.2 Å². The number of nitrogens with zero attached hydrogens (tertiary/aromatic N) is 3. The van der Waals surface area contributed by atoms with Gasteiger partial charge in [0.2, 0.25) is 5.91 Å². The molecule has 0 radical (unpaired) electrons. The molecule has 168 valence electrons. The quantitative estimate of drug-likeness (QED) is 0.566. The van der Waals surface area contributed by atoms with Gasteiger partial charge in [0.05, 0.1) is 49.2 Å². The zero-order valence-corrected chi connectivity index (χ0v) is 20.0. The number of pyridine rings is 1. The van der Waals surface area contributed by atoms with E-state index in [0.717, 1.165) is 39.7 Å². The van der Waals surface area contributed by atoms with Crippen molar-refractivity contribution in [2.75, 3.05) is 64.4 Å². The van der Waals surface area contributed by atoms with Gasteiger partial charge in [0, 0.05) is 42.8 Å². The van der Waals surface area contributed by atoms with Crippen molar-refractivity contribution in [3.05, 3.63) is 15.7 Å². The van der Waals surface area contributed by atoms with Crippen LogP contribution in [-0.4, -0.2) is 75.6 Å². The van der Waals surface area contributed by atoms with Gasteiger partial charge in [-0.05, 0) is 35.4 Å². The van der Waals surface area contributed by atoms with Gasteiger partial charge in [0.15, 0.2) is 11.5 Å². The number of methoxy groups -OCH3 is 2. The lowest BCUT2D eigenvalue weighted by atomic mass is 10.1. The standard InChI is InChI=1S/C21H28IN5O4/c1-29-16-11-15-18(19(22)20(16)30-2)13(23)10-17(25-15)27-5-3-4-14(24-12-27)21(28)26-6-8-31-9-7-26/h10-11,14,24H,3-9,12H2,1-2H3,(H2,23,25). The zero-order chi connectivity index (χ0) is 22.0. The summed E-state index contributed by atoms with van der Waals surface area (Å²) in [6.07, 6.45) is 1.68. The highest BCUT2D eigenvalue weighted by Crippen LogP contribution is 2.40. The number of morpholine rings is 1. The number of carbonyl (C=O) groups is 1. The van der Waals surface area contributed by atoms with Gasteiger partial charge < -0.3 is 29.7 Å². The summed E-state index contributed by atoms with van der Waals surface area (Å²) in [4.78, 5) is 21.8. The summed E-state index contributed by atoms with van der Waals surface area (Å²) >= 11 is 2.21. The maximum atomic E-state index is 12.9. The monoisotopic (exact) mass is 541 g/mol. The van der Waals surface area contributed by atoms with Gasteiger partial charge in [-0.15, -0.1) is 0 Å². The lowest BCUT2D eigenvalue weighted by Gasteiger charge is -2.30. The fourth-order valence-electron chi connectivity index (χ4n) is 4.13. The van der Waals surface area contributed by atoms with Crippen LogP contribution in [0.15, 0.2) is 12.1 Å². The molecule has 1 atom stereocenters. The minimum absolute atomic E-state index is 0.155. The molecule has 2 saturated heterocycles. The number of anilines is 2. The van der Waals surface area contributed by atoms with Gasteiger partial charge in [0.1, 0.15) is 5.82 Å². The molecule has 31 heavy (non-hydrogen) atoms. The lowest BCUT2D eigenvalue weighted by molar-refractivity contribution is -0.137. The molecule has 2 aliphatic heterocycles. The lowest BCUT2D eigenvalue weighted by Crippen LogP contribution is -2.51. The third kappa shape index (κ3) is 4.46. The average Bonchev–Trinajstić information content (AvgIpc) is 3.05. The van der Waals surface area contributed by atoms with E-state index in [-0.39, 0.29) is 11.9 Å². The van der Waals surface area contributed by atoms with E-state index in [9.17, 15) is 4.79 Å². The molecule has 2 aliphatic rings. The molecule has 1 aromatic carbocycles. The molecular formula is C21H28IN5O4. The summed E-state index contributed by atoms with van der Waals surface area (Å²) in [7, 11) is 3.22. The third-order valence-electron chi connectivity index (χ3n) is 5.79. The fourth-order valence-corrected chi connectivity index (χ4v) is 5.20. The van der Waals surface area contributed by atoms with Gasteiger partial charge in [-0.25, -0.2) is 4.98 Å². The number of fused-ring (bicyclic) bond motifs is 1. The maximum Gasteiger partial charge on any atom is 0.239 e. The molecule has 0 spiro atoms. The Kier molecular flexibility index (Phi) is 6.87. The van der Waals surface area contributed by atoms with E-state index in [1.54, 1.807) is 14.2 Å². The van der Waals surface area contributed by atoms with Crippen LogP contribution in [0.25, 0.3) is 10.9 Å². The highest BCUT2D eigenvalue weighted by atomic mass is 127. The van der Waals surface area contributed by atoms with Gasteiger partial charge in [0.25, 0.3) is 0 Å². The molecule has 0 saturated carbocycles. The number of carbonyl (C=O) groups excluding carboxylic acids is 1. The highest BCUT2D eigenvalue weighted by molar-refractivity contribution is 14.1. The highest BCUT2D eigenvalue weighted by Gasteiger charge is 2.28. The molecule has 0 aliphatic carbocycles. The normalized spacial score (nSPS) is 19.9. The largest absolute Gasteiger partial charge is 0.493 e. The Morgan fingerprint density at radius 3 is 2.74 bits per heavy atom. The van der Waals surface area contributed by atoms with Crippen LogP contribution in [0, 0.1) is 3.57 Å². The summed E-state index contributed by atoms with van der Waals surface area (Å²) in [5, 5.41) is 4.27. The summed E-state index contributed by atoms with van der Waals surface area (Å²) in [5.41, 5.74) is 7.82. The number of nitrogens with one attached hydrogen (secondary N) is 1. The van der Waals surface area contributed by atoms with Crippen LogP contribution < -0.4 is 25.4 Å². The van der Waals surface area contributed by atoms with E-state index in [1.165, 1.54) is 0 Å². The first-order valence-corrected chi connectivity index (χ1v) is 11.5. The van der Waals surface area contributed by atoms with Gasteiger partial charge in [-0.2, -0.15) is 0 Å². The van der Waals surface area contributed by atoms with Crippen molar-refractivity contribution < 1.29 is 19.0 Å². The van der Waals surface area contributed by atoms with Crippen LogP contribution in [0.1, 0.15) is 12.8 Å². The van der Waals surface area contributed by atoms with E-state index in [1.807, 2.05) is 17.0 Å². The molecule has 4 rings (SSSR count). The molecule has 9 nitrogen and oxygen atoms in total. The van der Waals surface area contributed by atoms with Crippen molar-refractivity contribution in [2.24, 2.45) is 0 Å². The molecule has 3 N–H and O–H groups in total. The number of aromatic nitrogens is 1. The van der Waals surface area contributed by atoms with Crippen LogP contribution in [0.2, 0.25) is 0 Å². The first kappa shape index (κ1) is 22.2. The Morgan fingerprint density at radius 2 is 2.03 bits per heavy atom. The Bertz CT molecular complexity index is 967. The second-order valence-corrected chi connectivity index (χ2v) is 8.73. The number of hydrogen-bond acceptors (Lipinski definition) is 8. The van der Waals surface area contributed by atoms with Crippen molar-refractivity contribution in [1.29, 1.82) is 0 Å². The Hall–Kier alpha value is -2.05. The van der Waals surface area contributed by atoms with Crippen LogP contribution in [0.5, 0.6) is 11.5 Å². The summed E-state index contributed by atoms with van der Waals surface area (Å²) in [6, 6.07) is 3.56. The van der Waals surface area contributed by atoms with Crippen LogP contribution in [-0.2, 0) is 9.53 Å². The number of hydrogen-bond donors (Lipinski definition) is 2. The second-order valence-electron chi connectivity index (χ2n) is 7.65. The Balaban J connectivity index is 1.56. The summed E-state index contributed by atoms with van der Waals surface area (Å²) in [5.74, 6) is 2.20. The van der Waals surface area contributed by atoms with E-state index in [2.05, 4.69) is 32.8 Å². The molecular weight excluding hydrogens is 513 g/mol. The molecule has 1 unspecified atom stereocenters. The molecule has 1 aromatic heterocycles. The predicted molar refractivity (Wildman–Crippen MR) is 128 cm³/mol. The van der Waals surface area contributed by atoms with Crippen LogP contribution in [0.4, 0.5) is 11.5 Å². The third-order valence-corrected chi connectivity index (χ3v) is 6.82. The number of nitrogens with two attached hydrogens (primary N) is 1. The van der Waals surface area contributed by atoms with E-state index in [0.29, 0.717) is 50.2 Å². The number of amides is 1. The number of nitrogen functional groups attached to an aromatic ring is 1. The van der Waals surface area contributed by atoms with Crippen molar-refractivity contribution in [3.8, 4) is 11.5 Å². The summed E-state index contributed by atoms with van der Waals surface area (Å²) in [6.45, 7) is 3.86. The molecule has 3 heterocycles. The van der Waals surface area contributed by atoms with Crippen LogP contribution in [0.3, 0.4) is 0 Å². The Labute approximate surface area is 195 Å². The number of rotatable bonds is 4. The molecule has 2 aromatic rings. The Morgan fingerprint density at radius 1 is 1.26 bits per heavy atom. The molecule has 10 heteroatoms. The van der Waals surface area contributed by atoms with Crippen molar-refractivity contribution in [3.63, 3.8) is 0 Å². The minimum Gasteiger partial charge on any atom is -0.493 e. The van der Waals surface area contributed by atoms with Crippen molar-refractivity contribution >= 4 is 50.9 Å². The number of ether oxygens (including phenoxy) is 3. The van der Waals surface area contributed by atoms with E-state index < -0.39 is 0 Å².